The van der Waals surface area contributed by atoms with E-state index >= 15 is 0 Å². The number of rotatable bonds is 6. The molecule has 3 rings (SSSR count). The van der Waals surface area contributed by atoms with Crippen LogP contribution < -0.4 is 10.6 Å². The van der Waals surface area contributed by atoms with Gasteiger partial charge >= 0.3 is 6.09 Å². The Balaban J connectivity index is 1.74. The molecule has 13 heteroatoms. The number of amides is 3. The van der Waals surface area contributed by atoms with Crippen LogP contribution in [0.15, 0.2) is 12.1 Å². The highest BCUT2D eigenvalue weighted by atomic mass is 19.2. The normalized spacial score (nSPS) is 14.5. The number of hydrogen-bond donors (Lipinski definition) is 2. The minimum absolute atomic E-state index is 0.0628. The number of hydrogen-bond acceptors (Lipinski definition) is 6. The molecular formula is C25H33F3N6O4. The fourth-order valence-electron chi connectivity index (χ4n) is 3.91. The largest absolute Gasteiger partial charge is 0.444 e. The summed E-state index contributed by atoms with van der Waals surface area (Å²) in [7, 11) is 0. The van der Waals surface area contributed by atoms with Crippen molar-refractivity contribution in [1.82, 2.24) is 30.3 Å². The highest BCUT2D eigenvalue weighted by molar-refractivity contribution is 5.91. The molecule has 0 aliphatic carbocycles. The molecule has 3 amide bonds. The number of nitrogens with zero attached hydrogens (tertiary/aromatic N) is 4. The molecule has 0 spiro atoms. The van der Waals surface area contributed by atoms with Crippen molar-refractivity contribution >= 4 is 17.9 Å². The van der Waals surface area contributed by atoms with E-state index in [4.69, 9.17) is 4.74 Å². The maximum absolute atomic E-state index is 14.3. The minimum Gasteiger partial charge on any atom is -0.444 e. The van der Waals surface area contributed by atoms with E-state index in [1.165, 1.54) is 4.90 Å². The number of carbonyl (C=O) groups excluding carboxylic acids is 3. The maximum Gasteiger partial charge on any atom is 0.407 e. The summed E-state index contributed by atoms with van der Waals surface area (Å²) in [6.07, 6.45) is -1.40. The van der Waals surface area contributed by atoms with E-state index in [-0.39, 0.29) is 49.8 Å². The average Bonchev–Trinajstić information content (AvgIpc) is 3.18. The molecule has 2 heterocycles. The number of aromatic nitrogens is 3. The Morgan fingerprint density at radius 1 is 1.00 bits per heavy atom. The monoisotopic (exact) mass is 538 g/mol. The van der Waals surface area contributed by atoms with Crippen LogP contribution in [0.3, 0.4) is 0 Å². The molecule has 1 aliphatic heterocycles. The van der Waals surface area contributed by atoms with Crippen LogP contribution in [-0.4, -0.2) is 61.3 Å². The zero-order chi connectivity index (χ0) is 28.4. The lowest BCUT2D eigenvalue weighted by atomic mass is 10.0. The molecule has 208 valence electrons. The molecule has 0 bridgehead atoms. The number of ether oxygens (including phenoxy) is 1. The van der Waals surface area contributed by atoms with Gasteiger partial charge in [0.05, 0.1) is 6.54 Å². The van der Waals surface area contributed by atoms with Gasteiger partial charge in [-0.25, -0.2) is 18.0 Å². The number of carbonyl (C=O) groups is 3. The second kappa shape index (κ2) is 11.0. The quantitative estimate of drug-likeness (QED) is 0.546. The number of benzene rings is 1. The van der Waals surface area contributed by atoms with Crippen LogP contribution in [-0.2, 0) is 29.0 Å². The van der Waals surface area contributed by atoms with Crippen LogP contribution in [0.1, 0.15) is 70.0 Å². The average molecular weight is 539 g/mol. The van der Waals surface area contributed by atoms with E-state index in [1.54, 1.807) is 25.3 Å². The number of fused-ring (bicyclic) bond motifs is 1. The van der Waals surface area contributed by atoms with E-state index < -0.39 is 46.6 Å². The van der Waals surface area contributed by atoms with Gasteiger partial charge in [0.15, 0.2) is 17.5 Å². The van der Waals surface area contributed by atoms with Gasteiger partial charge in [-0.1, -0.05) is 0 Å². The van der Waals surface area contributed by atoms with Gasteiger partial charge in [-0.15, -0.1) is 10.2 Å². The van der Waals surface area contributed by atoms with Crippen LogP contribution in [0.25, 0.3) is 0 Å². The van der Waals surface area contributed by atoms with Gasteiger partial charge < -0.3 is 24.8 Å². The molecular weight excluding hydrogens is 505 g/mol. The van der Waals surface area contributed by atoms with E-state index in [1.807, 2.05) is 20.8 Å². The summed E-state index contributed by atoms with van der Waals surface area (Å²) in [6, 6.07) is 0.138. The van der Waals surface area contributed by atoms with Crippen molar-refractivity contribution in [2.24, 2.45) is 0 Å². The minimum atomic E-state index is -1.34. The summed E-state index contributed by atoms with van der Waals surface area (Å²) in [5.41, 5.74) is -1.51. The van der Waals surface area contributed by atoms with Gasteiger partial charge in [-0.05, 0) is 59.6 Å². The number of alkyl carbamates (subject to hydrolysis) is 1. The van der Waals surface area contributed by atoms with Gasteiger partial charge in [0.25, 0.3) is 5.91 Å². The van der Waals surface area contributed by atoms with Gasteiger partial charge in [0.2, 0.25) is 11.7 Å². The summed E-state index contributed by atoms with van der Waals surface area (Å²) < 4.78 is 48.4. The van der Waals surface area contributed by atoms with Gasteiger partial charge in [-0.3, -0.25) is 9.59 Å². The Bertz CT molecular complexity index is 1220. The molecule has 1 aromatic heterocycles. The first kappa shape index (κ1) is 28.9. The molecule has 38 heavy (non-hydrogen) atoms. The third-order valence-corrected chi connectivity index (χ3v) is 5.50. The smallest absolute Gasteiger partial charge is 0.407 e. The molecule has 2 aromatic rings. The highest BCUT2D eigenvalue weighted by Gasteiger charge is 2.30. The fourth-order valence-corrected chi connectivity index (χ4v) is 3.91. The molecule has 1 aliphatic rings. The molecule has 0 saturated carbocycles. The van der Waals surface area contributed by atoms with Gasteiger partial charge in [0.1, 0.15) is 11.4 Å². The summed E-state index contributed by atoms with van der Waals surface area (Å²) in [5, 5.41) is 13.4. The second-order valence-electron chi connectivity index (χ2n) is 11.2. The number of nitrogens with one attached hydrogen (secondary N) is 2. The first-order valence-electron chi connectivity index (χ1n) is 12.2. The van der Waals surface area contributed by atoms with Crippen LogP contribution in [0, 0.1) is 17.5 Å². The van der Waals surface area contributed by atoms with Crippen LogP contribution >= 0.6 is 0 Å². The van der Waals surface area contributed by atoms with Crippen LogP contribution in [0.5, 0.6) is 0 Å². The van der Waals surface area contributed by atoms with Crippen molar-refractivity contribution < 1.29 is 32.3 Å². The second-order valence-corrected chi connectivity index (χ2v) is 11.2. The fraction of sp³-hybridized carbons (Fsp3) is 0.560. The van der Waals surface area contributed by atoms with E-state index in [2.05, 4.69) is 20.8 Å². The van der Waals surface area contributed by atoms with Crippen molar-refractivity contribution in [2.75, 3.05) is 6.54 Å². The summed E-state index contributed by atoms with van der Waals surface area (Å²) >= 11 is 0. The van der Waals surface area contributed by atoms with E-state index in [9.17, 15) is 27.6 Å². The lowest BCUT2D eigenvalue weighted by molar-refractivity contribution is -0.133. The molecule has 0 saturated heterocycles. The van der Waals surface area contributed by atoms with Gasteiger partial charge in [-0.2, -0.15) is 0 Å². The highest BCUT2D eigenvalue weighted by Crippen LogP contribution is 2.19. The molecule has 0 radical (unpaired) electrons. The summed E-state index contributed by atoms with van der Waals surface area (Å²) in [6.45, 7) is 11.0. The molecule has 0 fully saturated rings. The third-order valence-electron chi connectivity index (χ3n) is 5.50. The maximum atomic E-state index is 14.3. The summed E-state index contributed by atoms with van der Waals surface area (Å²) in [4.78, 5) is 39.6. The van der Waals surface area contributed by atoms with E-state index in [0.29, 0.717) is 18.0 Å². The first-order valence-corrected chi connectivity index (χ1v) is 12.2. The Morgan fingerprint density at radius 3 is 2.29 bits per heavy atom. The lowest BCUT2D eigenvalue weighted by Gasteiger charge is -2.30. The Kier molecular flexibility index (Phi) is 8.37. The lowest BCUT2D eigenvalue weighted by Crippen LogP contribution is -2.46. The van der Waals surface area contributed by atoms with Crippen molar-refractivity contribution in [1.29, 1.82) is 0 Å². The molecule has 0 unspecified atom stereocenters. The standard InChI is InChI=1S/C25H33F3N6O4/c1-24(2,3)30-22(36)21-32-31-19-13-33(7-8-34(19)21)20(35)11-15(29-23(37)38-25(4,5)6)9-14-10-17(27)18(28)12-16(14)26/h10,12,15H,7-9,11,13H2,1-6H3,(H,29,37)(H,30,36)/t15-/m1/s1. The number of halogens is 3. The summed E-state index contributed by atoms with van der Waals surface area (Å²) in [5.74, 6) is -3.82. The molecule has 2 N–H and O–H groups in total. The zero-order valence-electron chi connectivity index (χ0n) is 22.3. The molecule has 10 nitrogen and oxygen atoms in total. The molecule has 1 aromatic carbocycles. The first-order chi connectivity index (χ1) is 17.5. The Morgan fingerprint density at radius 2 is 1.66 bits per heavy atom. The Hall–Kier alpha value is -3.64. The van der Waals surface area contributed by atoms with Crippen molar-refractivity contribution in [3.05, 3.63) is 46.8 Å². The van der Waals surface area contributed by atoms with Crippen molar-refractivity contribution in [3.8, 4) is 0 Å². The third kappa shape index (κ3) is 7.68. The van der Waals surface area contributed by atoms with E-state index in [0.717, 1.165) is 0 Å². The predicted molar refractivity (Wildman–Crippen MR) is 130 cm³/mol. The van der Waals surface area contributed by atoms with Crippen LogP contribution in [0.2, 0.25) is 0 Å². The SMILES string of the molecule is CC(C)(C)NC(=O)c1nnc2n1CCN(C(=O)C[C@@H](Cc1cc(F)c(F)cc1F)NC(=O)OC(C)(C)C)C2. The topological polar surface area (TPSA) is 118 Å². The van der Waals surface area contributed by atoms with Gasteiger partial charge in [0, 0.05) is 37.2 Å². The van der Waals surface area contributed by atoms with Crippen LogP contribution in [0.4, 0.5) is 18.0 Å². The predicted octanol–water partition coefficient (Wildman–Crippen LogP) is 3.09. The van der Waals surface area contributed by atoms with Crippen molar-refractivity contribution in [3.63, 3.8) is 0 Å². The molecule has 1 atom stereocenters. The van der Waals surface area contributed by atoms with Crippen molar-refractivity contribution in [2.45, 2.75) is 84.7 Å². The zero-order valence-corrected chi connectivity index (χ0v) is 22.3. The Labute approximate surface area is 218 Å².